The molecule has 0 saturated carbocycles. The van der Waals surface area contributed by atoms with Gasteiger partial charge >= 0.3 is 5.97 Å². The molecule has 63 heavy (non-hydrogen) atoms. The van der Waals surface area contributed by atoms with Gasteiger partial charge in [-0.2, -0.15) is 0 Å². The fourth-order valence-electron chi connectivity index (χ4n) is 7.86. The fourth-order valence-corrected chi connectivity index (χ4v) is 7.86. The first-order valence-corrected chi connectivity index (χ1v) is 21.6. The van der Waals surface area contributed by atoms with Crippen LogP contribution in [0, 0.1) is 5.92 Å². The van der Waals surface area contributed by atoms with Crippen molar-refractivity contribution >= 4 is 64.2 Å². The lowest BCUT2D eigenvalue weighted by molar-refractivity contribution is -0.144. The number of hydrogen-bond acceptors (Lipinski definition) is 10. The second kappa shape index (κ2) is 23.8. The molecule has 3 heterocycles. The molecule has 7 amide bonds. The Morgan fingerprint density at radius 1 is 0.937 bits per heavy atom. The molecule has 2 aromatic rings. The molecular formula is C42H64N12O9. The number of nitrogens with two attached hydrogens (primary N) is 3. The van der Waals surface area contributed by atoms with Crippen molar-refractivity contribution in [2.24, 2.45) is 28.1 Å². The molecule has 0 spiro atoms. The van der Waals surface area contributed by atoms with Crippen LogP contribution in [-0.4, -0.2) is 143 Å². The number of nitrogens with one attached hydrogen (secondary N) is 6. The highest BCUT2D eigenvalue weighted by molar-refractivity contribution is 5.98. The number of likely N-dealkylation sites (N-methyl/N-ethyl adjacent to an activating group) is 1. The SMILES string of the molecule is CC(C)C[C@H](NC(=O)[C@@H]1CCC(=O)NCC(=O)N(C)[C@@H](CCCN=C(N)N)C(=O)N[C@@H](CCCCN)C(=O)N2CCC[C@H]2C(=O)N[C@@H](Cc2c[nH]c3ccccc23)C(=O)N1)C(=O)O. The molecule has 2 aliphatic rings. The number of unbranched alkanes of at least 4 members (excludes halogenated alkanes) is 1. The highest BCUT2D eigenvalue weighted by Crippen LogP contribution is 2.23. The lowest BCUT2D eigenvalue weighted by Crippen LogP contribution is -2.60. The Labute approximate surface area is 366 Å². The van der Waals surface area contributed by atoms with Crippen LogP contribution in [0.25, 0.3) is 10.9 Å². The van der Waals surface area contributed by atoms with E-state index in [1.54, 1.807) is 20.0 Å². The van der Waals surface area contributed by atoms with Crippen molar-refractivity contribution in [3.63, 3.8) is 0 Å². The number of nitrogens with zero attached hydrogens (tertiary/aromatic N) is 3. The first-order valence-electron chi connectivity index (χ1n) is 21.6. The van der Waals surface area contributed by atoms with Crippen molar-refractivity contribution < 1.29 is 43.5 Å². The number of para-hydroxylation sites is 1. The second-order valence-corrected chi connectivity index (χ2v) is 16.5. The Balaban J connectivity index is 1.75. The molecule has 1 aromatic carbocycles. The molecule has 2 saturated heterocycles. The quantitative estimate of drug-likeness (QED) is 0.0567. The Hall–Kier alpha value is -6.25. The summed E-state index contributed by atoms with van der Waals surface area (Å²) in [5.41, 5.74) is 18.2. The topological polar surface area (TPSA) is 330 Å². The van der Waals surface area contributed by atoms with Crippen molar-refractivity contribution in [3.8, 4) is 0 Å². The maximum atomic E-state index is 14.4. The molecule has 4 rings (SSSR count). The largest absolute Gasteiger partial charge is 0.480 e. The highest BCUT2D eigenvalue weighted by Gasteiger charge is 2.40. The zero-order valence-corrected chi connectivity index (χ0v) is 36.3. The van der Waals surface area contributed by atoms with Gasteiger partial charge in [0, 0.05) is 50.1 Å². The van der Waals surface area contributed by atoms with Crippen molar-refractivity contribution in [2.75, 3.05) is 33.2 Å². The number of fused-ring (bicyclic) bond motifs is 2. The number of aromatic nitrogens is 1. The monoisotopic (exact) mass is 880 g/mol. The highest BCUT2D eigenvalue weighted by atomic mass is 16.4. The molecule has 2 aliphatic heterocycles. The second-order valence-electron chi connectivity index (χ2n) is 16.5. The summed E-state index contributed by atoms with van der Waals surface area (Å²) < 4.78 is 0. The van der Waals surface area contributed by atoms with Crippen LogP contribution in [0.3, 0.4) is 0 Å². The van der Waals surface area contributed by atoms with Gasteiger partial charge in [-0.25, -0.2) is 4.79 Å². The third-order valence-corrected chi connectivity index (χ3v) is 11.3. The number of carbonyl (C=O) groups is 8. The molecule has 0 radical (unpaired) electrons. The van der Waals surface area contributed by atoms with Gasteiger partial charge in [-0.1, -0.05) is 32.0 Å². The Kier molecular flexibility index (Phi) is 18.7. The maximum absolute atomic E-state index is 14.4. The molecule has 0 bridgehead atoms. The van der Waals surface area contributed by atoms with E-state index in [-0.39, 0.29) is 76.3 Å². The number of rotatable bonds is 15. The predicted molar refractivity (Wildman–Crippen MR) is 233 cm³/mol. The zero-order valence-electron chi connectivity index (χ0n) is 36.3. The molecule has 2 fully saturated rings. The number of benzene rings is 1. The number of carbonyl (C=O) groups excluding carboxylic acids is 7. The van der Waals surface area contributed by atoms with Crippen molar-refractivity contribution in [1.29, 1.82) is 0 Å². The van der Waals surface area contributed by atoms with Crippen LogP contribution < -0.4 is 43.8 Å². The van der Waals surface area contributed by atoms with E-state index in [1.165, 1.54) is 11.9 Å². The van der Waals surface area contributed by atoms with Crippen LogP contribution in [0.4, 0.5) is 0 Å². The maximum Gasteiger partial charge on any atom is 0.326 e. The van der Waals surface area contributed by atoms with Gasteiger partial charge in [0.05, 0.1) is 6.54 Å². The molecule has 13 N–H and O–H groups in total. The van der Waals surface area contributed by atoms with E-state index in [4.69, 9.17) is 17.2 Å². The summed E-state index contributed by atoms with van der Waals surface area (Å²) >= 11 is 0. The Morgan fingerprint density at radius 2 is 1.67 bits per heavy atom. The van der Waals surface area contributed by atoms with Gasteiger partial charge in [0.1, 0.15) is 36.3 Å². The van der Waals surface area contributed by atoms with Gasteiger partial charge in [0.2, 0.25) is 41.4 Å². The lowest BCUT2D eigenvalue weighted by atomic mass is 10.0. The summed E-state index contributed by atoms with van der Waals surface area (Å²) in [6.45, 7) is 3.69. The number of carboxylic acids is 1. The normalized spacial score (nSPS) is 22.7. The molecule has 21 heteroatoms. The summed E-state index contributed by atoms with van der Waals surface area (Å²) in [4.78, 5) is 120. The van der Waals surface area contributed by atoms with Gasteiger partial charge < -0.3 is 63.7 Å². The summed E-state index contributed by atoms with van der Waals surface area (Å²) in [6, 6.07) is -0.0174. The summed E-state index contributed by atoms with van der Waals surface area (Å²) in [6.07, 6.45) is 3.25. The van der Waals surface area contributed by atoms with Gasteiger partial charge in [0.15, 0.2) is 5.96 Å². The van der Waals surface area contributed by atoms with Gasteiger partial charge in [-0.05, 0) is 81.9 Å². The standard InChI is InChI=1S/C42H64N12O9/c1-24(2)20-31(41(62)63)52-36(57)28-15-16-34(55)48-23-35(56)53(3)32(13-8-18-46-42(44)45)38(59)50-29(12-6-7-17-43)40(61)54-19-9-14-33(54)39(60)51-30(37(58)49-28)21-25-22-47-27-11-5-4-10-26(25)27/h4-5,10-11,22,24,28-33,47H,6-9,12-21,23,43H2,1-3H3,(H,48,55)(H,49,58)(H,50,59)(H,51,60)(H,52,57)(H,62,63)(H4,44,45,46)/t28-,29-,30-,31-,32-,33-/m0/s1. The molecular weight excluding hydrogens is 817 g/mol. The molecule has 0 aliphatic carbocycles. The number of guanidine groups is 1. The summed E-state index contributed by atoms with van der Waals surface area (Å²) in [5.74, 6) is -6.40. The van der Waals surface area contributed by atoms with Crippen LogP contribution in [0.2, 0.25) is 0 Å². The summed E-state index contributed by atoms with van der Waals surface area (Å²) in [7, 11) is 1.38. The van der Waals surface area contributed by atoms with Crippen LogP contribution in [-0.2, 0) is 44.8 Å². The number of H-pyrrole nitrogens is 1. The van der Waals surface area contributed by atoms with E-state index in [0.29, 0.717) is 31.4 Å². The number of aliphatic imine (C=N–C) groups is 1. The third-order valence-electron chi connectivity index (χ3n) is 11.3. The molecule has 21 nitrogen and oxygen atoms in total. The molecule has 0 unspecified atom stereocenters. The molecule has 6 atom stereocenters. The third kappa shape index (κ3) is 14.4. The van der Waals surface area contributed by atoms with Gasteiger partial charge in [-0.15, -0.1) is 0 Å². The van der Waals surface area contributed by atoms with Gasteiger partial charge in [-0.3, -0.25) is 38.6 Å². The zero-order chi connectivity index (χ0) is 46.2. The van der Waals surface area contributed by atoms with Crippen LogP contribution in [0.15, 0.2) is 35.5 Å². The van der Waals surface area contributed by atoms with Crippen LogP contribution in [0.5, 0.6) is 0 Å². The van der Waals surface area contributed by atoms with Crippen molar-refractivity contribution in [2.45, 2.75) is 121 Å². The Morgan fingerprint density at radius 3 is 2.37 bits per heavy atom. The van der Waals surface area contributed by atoms with Crippen LogP contribution in [0.1, 0.15) is 83.6 Å². The van der Waals surface area contributed by atoms with E-state index < -0.39 is 90.1 Å². The van der Waals surface area contributed by atoms with Crippen molar-refractivity contribution in [3.05, 3.63) is 36.0 Å². The predicted octanol–water partition coefficient (Wildman–Crippen LogP) is -1.31. The average Bonchev–Trinajstić information content (AvgIpc) is 3.90. The Bertz CT molecular complexity index is 1980. The number of aliphatic carboxylic acids is 1. The van der Waals surface area contributed by atoms with E-state index in [2.05, 4.69) is 36.6 Å². The summed E-state index contributed by atoms with van der Waals surface area (Å²) in [5, 5.41) is 24.0. The van der Waals surface area contributed by atoms with E-state index >= 15 is 0 Å². The first-order chi connectivity index (χ1) is 30.0. The molecule has 1 aromatic heterocycles. The number of amides is 7. The molecule has 346 valence electrons. The number of aromatic amines is 1. The smallest absolute Gasteiger partial charge is 0.326 e. The minimum Gasteiger partial charge on any atom is -0.480 e. The number of carboxylic acid groups (broad SMARTS) is 1. The van der Waals surface area contributed by atoms with E-state index in [9.17, 15) is 43.5 Å². The average molecular weight is 881 g/mol. The number of hydrogen-bond donors (Lipinski definition) is 10. The van der Waals surface area contributed by atoms with E-state index in [1.807, 2.05) is 24.3 Å². The fraction of sp³-hybridized carbons (Fsp3) is 0.595. The van der Waals surface area contributed by atoms with Gasteiger partial charge in [0.25, 0.3) is 0 Å². The first kappa shape index (κ1) is 49.4. The van der Waals surface area contributed by atoms with Crippen molar-refractivity contribution in [1.82, 2.24) is 41.4 Å². The minimum absolute atomic E-state index is 0.0554. The lowest BCUT2D eigenvalue weighted by Gasteiger charge is -2.32. The minimum atomic E-state index is -1.46. The van der Waals surface area contributed by atoms with Crippen LogP contribution >= 0.6 is 0 Å². The van der Waals surface area contributed by atoms with E-state index in [0.717, 1.165) is 15.8 Å².